The van der Waals surface area contributed by atoms with Gasteiger partial charge in [-0.15, -0.1) is 0 Å². The molecule has 0 amide bonds. The highest BCUT2D eigenvalue weighted by atomic mass is 19.1. The summed E-state index contributed by atoms with van der Waals surface area (Å²) in [5.74, 6) is 0.659. The average molecular weight is 237 g/mol. The van der Waals surface area contributed by atoms with E-state index in [2.05, 4.69) is 0 Å². The zero-order chi connectivity index (χ0) is 12.3. The molecule has 1 aliphatic carbocycles. The predicted octanol–water partition coefficient (Wildman–Crippen LogP) is 3.15. The Morgan fingerprint density at radius 3 is 2.94 bits per heavy atom. The standard InChI is InChI=1S/C14H20FNO/c1-2-17-13-8-4-3-7-12(13)14(15)9-5-6-11(16)10-14/h3-4,7-8,11H,2,5-6,9-10,16H2,1H3. The molecule has 0 bridgehead atoms. The van der Waals surface area contributed by atoms with Crippen LogP contribution in [0, 0.1) is 0 Å². The van der Waals surface area contributed by atoms with Crippen molar-refractivity contribution >= 4 is 0 Å². The number of nitrogens with two attached hydrogens (primary N) is 1. The maximum atomic E-state index is 15.0. The van der Waals surface area contributed by atoms with Crippen LogP contribution in [0.2, 0.25) is 0 Å². The fourth-order valence-corrected chi connectivity index (χ4v) is 2.63. The second kappa shape index (κ2) is 5.05. The normalized spacial score (nSPS) is 29.0. The Kier molecular flexibility index (Phi) is 3.67. The van der Waals surface area contributed by atoms with Crippen molar-refractivity contribution in [3.05, 3.63) is 29.8 Å². The minimum Gasteiger partial charge on any atom is -0.493 e. The van der Waals surface area contributed by atoms with Gasteiger partial charge in [-0.3, -0.25) is 0 Å². The van der Waals surface area contributed by atoms with E-state index in [9.17, 15) is 4.39 Å². The van der Waals surface area contributed by atoms with Gasteiger partial charge in [-0.2, -0.15) is 0 Å². The van der Waals surface area contributed by atoms with Gasteiger partial charge in [-0.05, 0) is 32.3 Å². The van der Waals surface area contributed by atoms with E-state index in [-0.39, 0.29) is 6.04 Å². The summed E-state index contributed by atoms with van der Waals surface area (Å²) in [4.78, 5) is 0. The molecule has 3 heteroatoms. The lowest BCUT2D eigenvalue weighted by Gasteiger charge is -2.34. The Bertz CT molecular complexity index is 382. The highest BCUT2D eigenvalue weighted by Gasteiger charge is 2.38. The maximum absolute atomic E-state index is 15.0. The maximum Gasteiger partial charge on any atom is 0.141 e. The molecule has 0 aromatic heterocycles. The Labute approximate surface area is 102 Å². The van der Waals surface area contributed by atoms with E-state index in [1.54, 1.807) is 0 Å². The van der Waals surface area contributed by atoms with Gasteiger partial charge in [0.25, 0.3) is 0 Å². The Morgan fingerprint density at radius 1 is 1.47 bits per heavy atom. The molecule has 1 fully saturated rings. The minimum atomic E-state index is -1.32. The van der Waals surface area contributed by atoms with Gasteiger partial charge >= 0.3 is 0 Å². The van der Waals surface area contributed by atoms with Crippen LogP contribution < -0.4 is 10.5 Å². The van der Waals surface area contributed by atoms with E-state index in [0.717, 1.165) is 12.8 Å². The van der Waals surface area contributed by atoms with Crippen molar-refractivity contribution in [3.63, 3.8) is 0 Å². The SMILES string of the molecule is CCOc1ccccc1C1(F)CCCC(N)C1. The van der Waals surface area contributed by atoms with Crippen LogP contribution in [0.1, 0.15) is 38.2 Å². The summed E-state index contributed by atoms with van der Waals surface area (Å²) in [6, 6.07) is 7.35. The number of ether oxygens (including phenoxy) is 1. The van der Waals surface area contributed by atoms with Crippen LogP contribution in [0.3, 0.4) is 0 Å². The van der Waals surface area contributed by atoms with Crippen molar-refractivity contribution in [2.24, 2.45) is 5.73 Å². The topological polar surface area (TPSA) is 35.2 Å². The van der Waals surface area contributed by atoms with E-state index in [0.29, 0.717) is 30.8 Å². The van der Waals surface area contributed by atoms with Gasteiger partial charge in [0.15, 0.2) is 0 Å². The van der Waals surface area contributed by atoms with Crippen LogP contribution in [0.15, 0.2) is 24.3 Å². The number of alkyl halides is 1. The van der Waals surface area contributed by atoms with Crippen LogP contribution in [0.4, 0.5) is 4.39 Å². The minimum absolute atomic E-state index is 0.0385. The van der Waals surface area contributed by atoms with Crippen LogP contribution in [0.25, 0.3) is 0 Å². The Balaban J connectivity index is 2.31. The van der Waals surface area contributed by atoms with Gasteiger partial charge in [-0.25, -0.2) is 4.39 Å². The zero-order valence-corrected chi connectivity index (χ0v) is 10.3. The summed E-state index contributed by atoms with van der Waals surface area (Å²) in [5, 5.41) is 0. The summed E-state index contributed by atoms with van der Waals surface area (Å²) in [6.07, 6.45) is 2.71. The number of halogens is 1. The van der Waals surface area contributed by atoms with E-state index >= 15 is 0 Å². The molecule has 2 unspecified atom stereocenters. The molecular formula is C14H20FNO. The summed E-state index contributed by atoms with van der Waals surface area (Å²) in [5.41, 5.74) is 5.24. The van der Waals surface area contributed by atoms with Crippen molar-refractivity contribution in [2.75, 3.05) is 6.61 Å². The smallest absolute Gasteiger partial charge is 0.141 e. The van der Waals surface area contributed by atoms with Crippen molar-refractivity contribution in [2.45, 2.75) is 44.3 Å². The monoisotopic (exact) mass is 237 g/mol. The van der Waals surface area contributed by atoms with E-state index in [1.807, 2.05) is 31.2 Å². The molecule has 2 atom stereocenters. The van der Waals surface area contributed by atoms with Crippen molar-refractivity contribution in [1.82, 2.24) is 0 Å². The molecule has 0 spiro atoms. The lowest BCUT2D eigenvalue weighted by atomic mass is 9.78. The predicted molar refractivity (Wildman–Crippen MR) is 66.8 cm³/mol. The lowest BCUT2D eigenvalue weighted by Crippen LogP contribution is -2.36. The first-order valence-electron chi connectivity index (χ1n) is 6.32. The average Bonchev–Trinajstić information content (AvgIpc) is 2.30. The fraction of sp³-hybridized carbons (Fsp3) is 0.571. The lowest BCUT2D eigenvalue weighted by molar-refractivity contribution is 0.0907. The highest BCUT2D eigenvalue weighted by Crippen LogP contribution is 2.43. The van der Waals surface area contributed by atoms with Gasteiger partial charge in [0.05, 0.1) is 6.61 Å². The molecule has 1 aliphatic rings. The third-order valence-electron chi connectivity index (χ3n) is 3.40. The molecule has 0 heterocycles. The molecule has 0 saturated heterocycles. The van der Waals surface area contributed by atoms with Gasteiger partial charge in [0, 0.05) is 18.0 Å². The summed E-state index contributed by atoms with van der Waals surface area (Å²) in [6.45, 7) is 2.47. The molecular weight excluding hydrogens is 217 g/mol. The fourth-order valence-electron chi connectivity index (χ4n) is 2.63. The summed E-state index contributed by atoms with van der Waals surface area (Å²) < 4.78 is 20.5. The molecule has 2 nitrogen and oxygen atoms in total. The number of hydrogen-bond acceptors (Lipinski definition) is 2. The number of hydrogen-bond donors (Lipinski definition) is 1. The molecule has 2 rings (SSSR count). The van der Waals surface area contributed by atoms with Gasteiger partial charge in [0.1, 0.15) is 11.4 Å². The molecule has 1 aromatic rings. The van der Waals surface area contributed by atoms with Crippen LogP contribution >= 0.6 is 0 Å². The van der Waals surface area contributed by atoms with E-state index in [1.165, 1.54) is 0 Å². The van der Waals surface area contributed by atoms with Gasteiger partial charge in [-0.1, -0.05) is 18.2 Å². The third-order valence-corrected chi connectivity index (χ3v) is 3.40. The third kappa shape index (κ3) is 2.60. The Morgan fingerprint density at radius 2 is 2.24 bits per heavy atom. The second-order valence-electron chi connectivity index (χ2n) is 4.75. The molecule has 1 aromatic carbocycles. The van der Waals surface area contributed by atoms with Gasteiger partial charge in [0.2, 0.25) is 0 Å². The van der Waals surface area contributed by atoms with E-state index < -0.39 is 5.67 Å². The van der Waals surface area contributed by atoms with Crippen molar-refractivity contribution in [1.29, 1.82) is 0 Å². The second-order valence-corrected chi connectivity index (χ2v) is 4.75. The zero-order valence-electron chi connectivity index (χ0n) is 10.3. The first-order valence-corrected chi connectivity index (χ1v) is 6.32. The van der Waals surface area contributed by atoms with Crippen molar-refractivity contribution < 1.29 is 9.13 Å². The summed E-state index contributed by atoms with van der Waals surface area (Å²) in [7, 11) is 0. The first kappa shape index (κ1) is 12.4. The first-order chi connectivity index (χ1) is 8.15. The molecule has 1 saturated carbocycles. The number of benzene rings is 1. The molecule has 0 aliphatic heterocycles. The number of para-hydroxylation sites is 1. The van der Waals surface area contributed by atoms with Crippen LogP contribution in [-0.2, 0) is 5.67 Å². The van der Waals surface area contributed by atoms with Crippen LogP contribution in [-0.4, -0.2) is 12.6 Å². The molecule has 94 valence electrons. The Hall–Kier alpha value is -1.09. The molecule has 0 radical (unpaired) electrons. The molecule has 17 heavy (non-hydrogen) atoms. The largest absolute Gasteiger partial charge is 0.493 e. The van der Waals surface area contributed by atoms with Crippen LogP contribution in [0.5, 0.6) is 5.75 Å². The highest BCUT2D eigenvalue weighted by molar-refractivity contribution is 5.38. The van der Waals surface area contributed by atoms with Crippen molar-refractivity contribution in [3.8, 4) is 5.75 Å². The van der Waals surface area contributed by atoms with Gasteiger partial charge < -0.3 is 10.5 Å². The molecule has 2 N–H and O–H groups in total. The quantitative estimate of drug-likeness (QED) is 0.876. The summed E-state index contributed by atoms with van der Waals surface area (Å²) >= 11 is 0. The van der Waals surface area contributed by atoms with E-state index in [4.69, 9.17) is 10.5 Å². The number of rotatable bonds is 3.